The Morgan fingerprint density at radius 1 is 1.13 bits per heavy atom. The van der Waals surface area contributed by atoms with Crippen LogP contribution < -0.4 is 10.1 Å². The summed E-state index contributed by atoms with van der Waals surface area (Å²) in [6.45, 7) is 15.7. The summed E-state index contributed by atoms with van der Waals surface area (Å²) in [5.74, 6) is 0.748. The van der Waals surface area contributed by atoms with Crippen LogP contribution in [-0.2, 0) is 0 Å². The highest BCUT2D eigenvalue weighted by Gasteiger charge is 2.25. The average Bonchev–Trinajstić information content (AvgIpc) is 2.37. The van der Waals surface area contributed by atoms with Gasteiger partial charge in [-0.05, 0) is 62.8 Å². The van der Waals surface area contributed by atoms with Crippen molar-refractivity contribution in [2.45, 2.75) is 66.5 Å². The third-order valence-corrected chi connectivity index (χ3v) is 4.24. The third-order valence-electron chi connectivity index (χ3n) is 3.64. The fraction of sp³-hybridized carbons (Fsp3) is 0.684. The quantitative estimate of drug-likeness (QED) is 0.767. The Balaban J connectivity index is 2.47. The predicted molar refractivity (Wildman–Crippen MR) is 98.6 cm³/mol. The lowest BCUT2D eigenvalue weighted by Gasteiger charge is -2.34. The first-order valence-electron chi connectivity index (χ1n) is 8.22. The van der Waals surface area contributed by atoms with Crippen LogP contribution >= 0.6 is 11.6 Å². The first-order valence-corrected chi connectivity index (χ1v) is 8.60. The number of hydrogen-bond acceptors (Lipinski definition) is 3. The molecule has 1 atom stereocenters. The maximum absolute atomic E-state index is 10.2. The highest BCUT2D eigenvalue weighted by atomic mass is 35.5. The summed E-state index contributed by atoms with van der Waals surface area (Å²) in [6.07, 6.45) is 0.480. The van der Waals surface area contributed by atoms with Gasteiger partial charge in [0.2, 0.25) is 0 Å². The zero-order chi connectivity index (χ0) is 17.8. The lowest BCUT2D eigenvalue weighted by Crippen LogP contribution is -2.46. The van der Waals surface area contributed by atoms with Gasteiger partial charge in [0, 0.05) is 17.1 Å². The molecule has 0 fully saturated rings. The first-order chi connectivity index (χ1) is 10.4. The molecule has 0 aromatic heterocycles. The molecular formula is C19H32ClNO2. The highest BCUT2D eigenvalue weighted by Crippen LogP contribution is 2.27. The zero-order valence-electron chi connectivity index (χ0n) is 15.6. The summed E-state index contributed by atoms with van der Waals surface area (Å²) in [5.41, 5.74) is 2.20. The SMILES string of the molecule is Cc1cc(OC[C@H](O)CNC(C)(C)CC(C)(C)C)cc(C)c1Cl. The molecule has 0 spiro atoms. The number of benzene rings is 1. The molecule has 0 aliphatic carbocycles. The van der Waals surface area contributed by atoms with Gasteiger partial charge in [-0.2, -0.15) is 0 Å². The van der Waals surface area contributed by atoms with E-state index in [2.05, 4.69) is 39.9 Å². The maximum atomic E-state index is 10.2. The summed E-state index contributed by atoms with van der Waals surface area (Å²) in [6, 6.07) is 3.80. The van der Waals surface area contributed by atoms with E-state index in [-0.39, 0.29) is 17.6 Å². The van der Waals surface area contributed by atoms with Gasteiger partial charge in [-0.1, -0.05) is 32.4 Å². The van der Waals surface area contributed by atoms with Gasteiger partial charge in [0.1, 0.15) is 18.5 Å². The molecule has 0 heterocycles. The van der Waals surface area contributed by atoms with E-state index in [0.29, 0.717) is 6.54 Å². The molecule has 0 amide bonds. The van der Waals surface area contributed by atoms with Crippen LogP contribution in [0.25, 0.3) is 0 Å². The second-order valence-electron chi connectivity index (χ2n) is 8.34. The van der Waals surface area contributed by atoms with Crippen LogP contribution in [0, 0.1) is 19.3 Å². The molecule has 0 aliphatic rings. The largest absolute Gasteiger partial charge is 0.491 e. The second-order valence-corrected chi connectivity index (χ2v) is 8.72. The minimum Gasteiger partial charge on any atom is -0.491 e. The Morgan fingerprint density at radius 3 is 2.13 bits per heavy atom. The Bertz CT molecular complexity index is 498. The van der Waals surface area contributed by atoms with Gasteiger partial charge >= 0.3 is 0 Å². The molecule has 1 rings (SSSR count). The van der Waals surface area contributed by atoms with Crippen LogP contribution in [0.5, 0.6) is 5.75 Å². The monoisotopic (exact) mass is 341 g/mol. The van der Waals surface area contributed by atoms with E-state index < -0.39 is 6.10 Å². The van der Waals surface area contributed by atoms with Crippen molar-refractivity contribution in [1.29, 1.82) is 0 Å². The smallest absolute Gasteiger partial charge is 0.120 e. The van der Waals surface area contributed by atoms with Gasteiger partial charge in [0.25, 0.3) is 0 Å². The fourth-order valence-corrected chi connectivity index (χ4v) is 3.13. The van der Waals surface area contributed by atoms with E-state index in [9.17, 15) is 5.11 Å². The topological polar surface area (TPSA) is 41.5 Å². The van der Waals surface area contributed by atoms with E-state index >= 15 is 0 Å². The molecule has 23 heavy (non-hydrogen) atoms. The van der Waals surface area contributed by atoms with Gasteiger partial charge in [-0.25, -0.2) is 0 Å². The number of nitrogens with one attached hydrogen (secondary N) is 1. The second kappa shape index (κ2) is 7.87. The molecule has 1 aromatic rings. The van der Waals surface area contributed by atoms with Crippen molar-refractivity contribution in [3.8, 4) is 5.75 Å². The van der Waals surface area contributed by atoms with E-state index in [1.807, 2.05) is 26.0 Å². The number of aryl methyl sites for hydroxylation is 2. The number of hydrogen-bond donors (Lipinski definition) is 2. The van der Waals surface area contributed by atoms with E-state index in [1.165, 1.54) is 0 Å². The van der Waals surface area contributed by atoms with E-state index in [0.717, 1.165) is 28.3 Å². The molecule has 0 saturated heterocycles. The highest BCUT2D eigenvalue weighted by molar-refractivity contribution is 6.32. The normalized spacial score (nSPS) is 14.0. The minimum atomic E-state index is -0.550. The van der Waals surface area contributed by atoms with Crippen molar-refractivity contribution >= 4 is 11.6 Å². The van der Waals surface area contributed by atoms with Gasteiger partial charge in [-0.3, -0.25) is 0 Å². The van der Waals surface area contributed by atoms with Crippen molar-refractivity contribution in [1.82, 2.24) is 5.32 Å². The van der Waals surface area contributed by atoms with Gasteiger partial charge in [0.05, 0.1) is 0 Å². The van der Waals surface area contributed by atoms with Crippen LogP contribution in [0.2, 0.25) is 5.02 Å². The molecule has 132 valence electrons. The molecule has 0 saturated carbocycles. The summed E-state index contributed by atoms with van der Waals surface area (Å²) in [7, 11) is 0. The Hall–Kier alpha value is -0.770. The number of aliphatic hydroxyl groups excluding tert-OH is 1. The summed E-state index contributed by atoms with van der Waals surface area (Å²) in [5, 5.41) is 14.4. The van der Waals surface area contributed by atoms with Crippen LogP contribution in [0.4, 0.5) is 0 Å². The number of halogens is 1. The summed E-state index contributed by atoms with van der Waals surface area (Å²) >= 11 is 6.15. The third kappa shape index (κ3) is 7.56. The van der Waals surface area contributed by atoms with Crippen molar-refractivity contribution in [2.75, 3.05) is 13.2 Å². The Morgan fingerprint density at radius 2 is 1.65 bits per heavy atom. The van der Waals surface area contributed by atoms with E-state index in [1.54, 1.807) is 0 Å². The van der Waals surface area contributed by atoms with Crippen LogP contribution in [-0.4, -0.2) is 29.9 Å². The van der Waals surface area contributed by atoms with Crippen molar-refractivity contribution in [3.63, 3.8) is 0 Å². The molecule has 0 bridgehead atoms. The molecule has 0 unspecified atom stereocenters. The van der Waals surface area contributed by atoms with Crippen molar-refractivity contribution in [2.24, 2.45) is 5.41 Å². The lowest BCUT2D eigenvalue weighted by molar-refractivity contribution is 0.0943. The molecule has 3 nitrogen and oxygen atoms in total. The molecule has 0 aliphatic heterocycles. The summed E-state index contributed by atoms with van der Waals surface area (Å²) in [4.78, 5) is 0. The average molecular weight is 342 g/mol. The van der Waals surface area contributed by atoms with Crippen molar-refractivity contribution in [3.05, 3.63) is 28.3 Å². The van der Waals surface area contributed by atoms with Gasteiger partial charge in [-0.15, -0.1) is 0 Å². The lowest BCUT2D eigenvalue weighted by atomic mass is 9.82. The molecular weight excluding hydrogens is 310 g/mol. The Kier molecular flexibility index (Phi) is 6.94. The number of aliphatic hydroxyl groups is 1. The van der Waals surface area contributed by atoms with Crippen LogP contribution in [0.15, 0.2) is 12.1 Å². The summed E-state index contributed by atoms with van der Waals surface area (Å²) < 4.78 is 5.70. The molecule has 1 aromatic carbocycles. The maximum Gasteiger partial charge on any atom is 0.120 e. The van der Waals surface area contributed by atoms with Crippen LogP contribution in [0.3, 0.4) is 0 Å². The van der Waals surface area contributed by atoms with Gasteiger partial charge < -0.3 is 15.2 Å². The standard InChI is InChI=1S/C19H32ClNO2/c1-13-8-16(9-14(2)17(13)20)23-11-15(22)10-21-19(6,7)12-18(3,4)5/h8-9,15,21-22H,10-12H2,1-7H3/t15-/m1/s1. The minimum absolute atomic E-state index is 0.0212. The Labute approximate surface area is 146 Å². The fourth-order valence-electron chi connectivity index (χ4n) is 3.02. The number of rotatable bonds is 7. The first kappa shape index (κ1) is 20.3. The number of β-amino-alcohol motifs (C(OH)–C–C–N with tert-alkyl or cyclic N) is 1. The van der Waals surface area contributed by atoms with E-state index in [4.69, 9.17) is 16.3 Å². The zero-order valence-corrected chi connectivity index (χ0v) is 16.3. The molecule has 2 N–H and O–H groups in total. The molecule has 4 heteroatoms. The number of ether oxygens (including phenoxy) is 1. The predicted octanol–water partition coefficient (Wildman–Crippen LogP) is 4.50. The molecule has 0 radical (unpaired) electrons. The van der Waals surface area contributed by atoms with Gasteiger partial charge in [0.15, 0.2) is 0 Å². The van der Waals surface area contributed by atoms with Crippen molar-refractivity contribution < 1.29 is 9.84 Å². The van der Waals surface area contributed by atoms with Crippen LogP contribution in [0.1, 0.15) is 52.2 Å².